The highest BCUT2D eigenvalue weighted by atomic mass is 16.5. The molecule has 1 aliphatic heterocycles. The van der Waals surface area contributed by atoms with Gasteiger partial charge in [0, 0.05) is 0 Å². The largest absolute Gasteiger partial charge is 0.459 e. The number of aliphatic hydroxyl groups excluding tert-OH is 1. The molecule has 1 heterocycles. The van der Waals surface area contributed by atoms with Crippen molar-refractivity contribution in [3.63, 3.8) is 0 Å². The first-order valence-corrected chi connectivity index (χ1v) is 5.30. The van der Waals surface area contributed by atoms with Gasteiger partial charge in [-0.2, -0.15) is 0 Å². The van der Waals surface area contributed by atoms with E-state index in [0.29, 0.717) is 6.61 Å². The molecule has 2 atom stereocenters. The minimum Gasteiger partial charge on any atom is -0.459 e. The Morgan fingerprint density at radius 2 is 2.25 bits per heavy atom. The standard InChI is InChI=1S/C10H17NO5/c1-3-15-10(14)9(13)11-4-8(5-12)16-6-7(11)2/h7-8,12H,3-6H2,1-2H3. The fourth-order valence-corrected chi connectivity index (χ4v) is 1.52. The second kappa shape index (κ2) is 5.81. The van der Waals surface area contributed by atoms with Gasteiger partial charge in [-0.05, 0) is 13.8 Å². The highest BCUT2D eigenvalue weighted by Crippen LogP contribution is 2.12. The lowest BCUT2D eigenvalue weighted by Gasteiger charge is -2.36. The van der Waals surface area contributed by atoms with E-state index in [0.717, 1.165) is 0 Å². The molecule has 0 aromatic heterocycles. The first-order valence-electron chi connectivity index (χ1n) is 5.30. The number of hydrogen-bond acceptors (Lipinski definition) is 5. The highest BCUT2D eigenvalue weighted by molar-refractivity contribution is 6.32. The van der Waals surface area contributed by atoms with E-state index in [1.165, 1.54) is 4.90 Å². The Morgan fingerprint density at radius 1 is 1.56 bits per heavy atom. The van der Waals surface area contributed by atoms with E-state index in [-0.39, 0.29) is 25.8 Å². The van der Waals surface area contributed by atoms with Crippen molar-refractivity contribution in [3.8, 4) is 0 Å². The Balaban J connectivity index is 2.61. The van der Waals surface area contributed by atoms with Crippen LogP contribution in [0.25, 0.3) is 0 Å². The zero-order chi connectivity index (χ0) is 12.1. The van der Waals surface area contributed by atoms with E-state index in [4.69, 9.17) is 9.84 Å². The third kappa shape index (κ3) is 2.93. The van der Waals surface area contributed by atoms with E-state index >= 15 is 0 Å². The molecule has 0 bridgehead atoms. The molecule has 1 rings (SSSR count). The Morgan fingerprint density at radius 3 is 2.81 bits per heavy atom. The van der Waals surface area contributed by atoms with E-state index in [1.54, 1.807) is 13.8 Å². The number of ether oxygens (including phenoxy) is 2. The van der Waals surface area contributed by atoms with Crippen LogP contribution in [0.3, 0.4) is 0 Å². The molecule has 2 unspecified atom stereocenters. The van der Waals surface area contributed by atoms with Crippen LogP contribution in [0.4, 0.5) is 0 Å². The second-order valence-corrected chi connectivity index (χ2v) is 3.66. The number of nitrogens with zero attached hydrogens (tertiary/aromatic N) is 1. The predicted octanol–water partition coefficient (Wildman–Crippen LogP) is -0.842. The van der Waals surface area contributed by atoms with Gasteiger partial charge in [0.2, 0.25) is 0 Å². The summed E-state index contributed by atoms with van der Waals surface area (Å²) in [6.07, 6.45) is -0.422. The molecule has 6 nitrogen and oxygen atoms in total. The van der Waals surface area contributed by atoms with Crippen LogP contribution in [0, 0.1) is 0 Å². The average molecular weight is 231 g/mol. The van der Waals surface area contributed by atoms with Crippen molar-refractivity contribution in [2.45, 2.75) is 26.0 Å². The van der Waals surface area contributed by atoms with Crippen molar-refractivity contribution in [1.82, 2.24) is 4.90 Å². The van der Waals surface area contributed by atoms with Crippen LogP contribution in [0.5, 0.6) is 0 Å². The van der Waals surface area contributed by atoms with Gasteiger partial charge in [-0.15, -0.1) is 0 Å². The third-order valence-corrected chi connectivity index (χ3v) is 2.42. The number of carbonyl (C=O) groups excluding carboxylic acids is 2. The molecule has 1 N–H and O–H groups in total. The Hall–Kier alpha value is -1.14. The van der Waals surface area contributed by atoms with E-state index in [2.05, 4.69) is 4.74 Å². The number of aliphatic hydroxyl groups is 1. The summed E-state index contributed by atoms with van der Waals surface area (Å²) in [5, 5.41) is 8.94. The maximum atomic E-state index is 11.7. The lowest BCUT2D eigenvalue weighted by Crippen LogP contribution is -2.54. The topological polar surface area (TPSA) is 76.1 Å². The lowest BCUT2D eigenvalue weighted by atomic mass is 10.2. The van der Waals surface area contributed by atoms with Gasteiger partial charge >= 0.3 is 11.9 Å². The van der Waals surface area contributed by atoms with Gasteiger partial charge < -0.3 is 19.5 Å². The van der Waals surface area contributed by atoms with Crippen LogP contribution in [0.1, 0.15) is 13.8 Å². The second-order valence-electron chi connectivity index (χ2n) is 3.66. The van der Waals surface area contributed by atoms with Crippen LogP contribution in [0.2, 0.25) is 0 Å². The van der Waals surface area contributed by atoms with Crippen LogP contribution in [-0.4, -0.2) is 60.4 Å². The number of morpholine rings is 1. The minimum absolute atomic E-state index is 0.167. The molecule has 1 fully saturated rings. The number of esters is 1. The summed E-state index contributed by atoms with van der Waals surface area (Å²) in [7, 11) is 0. The first kappa shape index (κ1) is 12.9. The van der Waals surface area contributed by atoms with Crippen molar-refractivity contribution in [1.29, 1.82) is 0 Å². The van der Waals surface area contributed by atoms with E-state index in [1.807, 2.05) is 0 Å². The molecule has 92 valence electrons. The molecule has 0 aliphatic carbocycles. The van der Waals surface area contributed by atoms with Gasteiger partial charge in [-0.25, -0.2) is 4.79 Å². The van der Waals surface area contributed by atoms with Crippen molar-refractivity contribution in [2.24, 2.45) is 0 Å². The van der Waals surface area contributed by atoms with Gasteiger partial charge in [-0.1, -0.05) is 0 Å². The van der Waals surface area contributed by atoms with E-state index in [9.17, 15) is 9.59 Å². The first-order chi connectivity index (χ1) is 7.60. The summed E-state index contributed by atoms with van der Waals surface area (Å²) in [5.74, 6) is -1.52. The molecule has 1 amide bonds. The zero-order valence-corrected chi connectivity index (χ0v) is 9.51. The molecular weight excluding hydrogens is 214 g/mol. The summed E-state index contributed by atoms with van der Waals surface area (Å²) in [6.45, 7) is 3.97. The Bertz CT molecular complexity index is 268. The summed E-state index contributed by atoms with van der Waals surface area (Å²) in [4.78, 5) is 24.3. The number of carbonyl (C=O) groups is 2. The molecule has 0 spiro atoms. The fraction of sp³-hybridized carbons (Fsp3) is 0.800. The third-order valence-electron chi connectivity index (χ3n) is 2.42. The van der Waals surface area contributed by atoms with Crippen molar-refractivity contribution in [2.75, 3.05) is 26.4 Å². The van der Waals surface area contributed by atoms with Gasteiger partial charge in [0.25, 0.3) is 0 Å². The number of amides is 1. The fourth-order valence-electron chi connectivity index (χ4n) is 1.52. The average Bonchev–Trinajstić information content (AvgIpc) is 2.29. The van der Waals surface area contributed by atoms with Crippen LogP contribution < -0.4 is 0 Å². The molecule has 1 aliphatic rings. The maximum Gasteiger partial charge on any atom is 0.397 e. The summed E-state index contributed by atoms with van der Waals surface area (Å²) >= 11 is 0. The molecule has 0 aromatic carbocycles. The van der Waals surface area contributed by atoms with Gasteiger partial charge in [0.15, 0.2) is 0 Å². The molecule has 6 heteroatoms. The molecule has 16 heavy (non-hydrogen) atoms. The van der Waals surface area contributed by atoms with Crippen LogP contribution in [0.15, 0.2) is 0 Å². The smallest absolute Gasteiger partial charge is 0.397 e. The summed E-state index contributed by atoms with van der Waals surface area (Å²) in [5.41, 5.74) is 0. The minimum atomic E-state index is -0.854. The van der Waals surface area contributed by atoms with E-state index < -0.39 is 18.0 Å². The predicted molar refractivity (Wildman–Crippen MR) is 54.6 cm³/mol. The quantitative estimate of drug-likeness (QED) is 0.495. The highest BCUT2D eigenvalue weighted by Gasteiger charge is 2.33. The normalized spacial score (nSPS) is 25.3. The number of hydrogen-bond donors (Lipinski definition) is 1. The zero-order valence-electron chi connectivity index (χ0n) is 9.51. The molecule has 0 radical (unpaired) electrons. The summed E-state index contributed by atoms with van der Waals surface area (Å²) < 4.78 is 9.90. The molecular formula is C10H17NO5. The lowest BCUT2D eigenvalue weighted by molar-refractivity contribution is -0.167. The van der Waals surface area contributed by atoms with Crippen LogP contribution in [-0.2, 0) is 19.1 Å². The Labute approximate surface area is 94.1 Å². The van der Waals surface area contributed by atoms with Gasteiger partial charge in [0.1, 0.15) is 0 Å². The molecule has 0 saturated carbocycles. The van der Waals surface area contributed by atoms with Crippen LogP contribution >= 0.6 is 0 Å². The van der Waals surface area contributed by atoms with Crippen molar-refractivity contribution in [3.05, 3.63) is 0 Å². The van der Waals surface area contributed by atoms with Crippen molar-refractivity contribution < 1.29 is 24.2 Å². The maximum absolute atomic E-state index is 11.7. The summed E-state index contributed by atoms with van der Waals surface area (Å²) in [6, 6.07) is -0.181. The molecule has 0 aromatic rings. The van der Waals surface area contributed by atoms with Crippen molar-refractivity contribution >= 4 is 11.9 Å². The SMILES string of the molecule is CCOC(=O)C(=O)N1CC(CO)OCC1C. The Kier molecular flexibility index (Phi) is 4.70. The monoisotopic (exact) mass is 231 g/mol. The van der Waals surface area contributed by atoms with Gasteiger partial charge in [-0.3, -0.25) is 4.79 Å². The van der Waals surface area contributed by atoms with Gasteiger partial charge in [0.05, 0.1) is 38.5 Å². The molecule has 1 saturated heterocycles. The number of rotatable bonds is 2.